The van der Waals surface area contributed by atoms with E-state index in [1.54, 1.807) is 6.07 Å². The smallest absolute Gasteiger partial charge is 0.123 e. The number of halogens is 1. The van der Waals surface area contributed by atoms with E-state index < -0.39 is 0 Å². The van der Waals surface area contributed by atoms with Crippen molar-refractivity contribution in [2.75, 3.05) is 18.1 Å². The Balaban J connectivity index is 2.19. The zero-order valence-electron chi connectivity index (χ0n) is 11.7. The summed E-state index contributed by atoms with van der Waals surface area (Å²) >= 11 is 0. The second-order valence-electron chi connectivity index (χ2n) is 5.44. The SMILES string of the molecule is CC(C)N(CCO)c1ccc(F)cc1CNC1CC1. The van der Waals surface area contributed by atoms with E-state index >= 15 is 0 Å². The van der Waals surface area contributed by atoms with Crippen LogP contribution in [0.1, 0.15) is 32.3 Å². The zero-order valence-corrected chi connectivity index (χ0v) is 11.7. The topological polar surface area (TPSA) is 35.5 Å². The summed E-state index contributed by atoms with van der Waals surface area (Å²) in [6, 6.07) is 5.77. The Kier molecular flexibility index (Phi) is 4.77. The average molecular weight is 266 g/mol. The summed E-state index contributed by atoms with van der Waals surface area (Å²) in [5.41, 5.74) is 1.98. The quantitative estimate of drug-likeness (QED) is 0.795. The van der Waals surface area contributed by atoms with Gasteiger partial charge in [0.05, 0.1) is 6.61 Å². The Bertz CT molecular complexity index is 419. The first-order valence-electron chi connectivity index (χ1n) is 7.01. The van der Waals surface area contributed by atoms with Crippen molar-refractivity contribution in [3.63, 3.8) is 0 Å². The second-order valence-corrected chi connectivity index (χ2v) is 5.44. The van der Waals surface area contributed by atoms with Crippen LogP contribution in [0, 0.1) is 5.82 Å². The van der Waals surface area contributed by atoms with Gasteiger partial charge >= 0.3 is 0 Å². The highest BCUT2D eigenvalue weighted by Gasteiger charge is 2.21. The summed E-state index contributed by atoms with van der Waals surface area (Å²) in [4.78, 5) is 2.11. The fourth-order valence-electron chi connectivity index (χ4n) is 2.28. The maximum Gasteiger partial charge on any atom is 0.123 e. The number of nitrogens with zero attached hydrogens (tertiary/aromatic N) is 1. The third-order valence-corrected chi connectivity index (χ3v) is 3.47. The molecule has 1 aliphatic rings. The van der Waals surface area contributed by atoms with Gasteiger partial charge in [0.25, 0.3) is 0 Å². The van der Waals surface area contributed by atoms with Crippen LogP contribution >= 0.6 is 0 Å². The highest BCUT2D eigenvalue weighted by atomic mass is 19.1. The van der Waals surface area contributed by atoms with Gasteiger partial charge in [-0.1, -0.05) is 0 Å². The lowest BCUT2D eigenvalue weighted by Gasteiger charge is -2.30. The van der Waals surface area contributed by atoms with Gasteiger partial charge < -0.3 is 15.3 Å². The molecule has 0 aromatic heterocycles. The summed E-state index contributed by atoms with van der Waals surface area (Å²) in [5.74, 6) is -0.205. The minimum atomic E-state index is -0.205. The van der Waals surface area contributed by atoms with Crippen LogP contribution in [0.5, 0.6) is 0 Å². The normalized spacial score (nSPS) is 15.0. The number of anilines is 1. The molecule has 0 bridgehead atoms. The van der Waals surface area contributed by atoms with E-state index in [9.17, 15) is 9.50 Å². The fourth-order valence-corrected chi connectivity index (χ4v) is 2.28. The molecule has 0 spiro atoms. The van der Waals surface area contributed by atoms with Crippen molar-refractivity contribution >= 4 is 5.69 Å². The molecular formula is C15H23FN2O. The van der Waals surface area contributed by atoms with Gasteiger partial charge in [0, 0.05) is 30.9 Å². The number of hydrogen-bond acceptors (Lipinski definition) is 3. The van der Waals surface area contributed by atoms with E-state index in [2.05, 4.69) is 24.1 Å². The minimum Gasteiger partial charge on any atom is -0.395 e. The molecule has 0 atom stereocenters. The van der Waals surface area contributed by atoms with Gasteiger partial charge in [0.15, 0.2) is 0 Å². The highest BCUT2D eigenvalue weighted by Crippen LogP contribution is 2.25. The molecule has 1 fully saturated rings. The fraction of sp³-hybridized carbons (Fsp3) is 0.600. The summed E-state index contributed by atoms with van der Waals surface area (Å²) in [7, 11) is 0. The summed E-state index contributed by atoms with van der Waals surface area (Å²) in [6.45, 7) is 5.52. The van der Waals surface area contributed by atoms with E-state index in [1.807, 2.05) is 6.07 Å². The van der Waals surface area contributed by atoms with Crippen LogP contribution in [0.15, 0.2) is 18.2 Å². The Labute approximate surface area is 114 Å². The van der Waals surface area contributed by atoms with E-state index in [1.165, 1.54) is 18.9 Å². The predicted molar refractivity (Wildman–Crippen MR) is 75.8 cm³/mol. The molecule has 2 N–H and O–H groups in total. The van der Waals surface area contributed by atoms with Gasteiger partial charge in [0.2, 0.25) is 0 Å². The van der Waals surface area contributed by atoms with Gasteiger partial charge in [-0.15, -0.1) is 0 Å². The molecule has 1 aromatic carbocycles. The van der Waals surface area contributed by atoms with E-state index in [0.29, 0.717) is 19.1 Å². The van der Waals surface area contributed by atoms with Crippen LogP contribution in [0.2, 0.25) is 0 Å². The molecule has 0 saturated heterocycles. The second kappa shape index (κ2) is 6.35. The van der Waals surface area contributed by atoms with Crippen LogP contribution in [0.3, 0.4) is 0 Å². The van der Waals surface area contributed by atoms with Crippen molar-refractivity contribution in [2.24, 2.45) is 0 Å². The molecule has 0 aliphatic heterocycles. The van der Waals surface area contributed by atoms with Crippen LogP contribution in [-0.2, 0) is 6.54 Å². The Morgan fingerprint density at radius 2 is 2.16 bits per heavy atom. The summed E-state index contributed by atoms with van der Waals surface area (Å²) in [5, 5.41) is 12.6. The molecule has 1 aliphatic carbocycles. The van der Waals surface area contributed by atoms with Crippen molar-refractivity contribution in [1.82, 2.24) is 5.32 Å². The highest BCUT2D eigenvalue weighted by molar-refractivity contribution is 5.54. The lowest BCUT2D eigenvalue weighted by molar-refractivity contribution is 0.299. The van der Waals surface area contributed by atoms with E-state index in [4.69, 9.17) is 0 Å². The number of rotatable bonds is 7. The summed E-state index contributed by atoms with van der Waals surface area (Å²) < 4.78 is 13.4. The van der Waals surface area contributed by atoms with Crippen molar-refractivity contribution in [3.8, 4) is 0 Å². The average Bonchev–Trinajstić information content (AvgIpc) is 3.18. The maximum atomic E-state index is 13.4. The zero-order chi connectivity index (χ0) is 13.8. The third-order valence-electron chi connectivity index (χ3n) is 3.47. The van der Waals surface area contributed by atoms with Crippen LogP contribution < -0.4 is 10.2 Å². The number of hydrogen-bond donors (Lipinski definition) is 2. The molecule has 3 nitrogen and oxygen atoms in total. The van der Waals surface area contributed by atoms with Crippen molar-refractivity contribution in [1.29, 1.82) is 0 Å². The molecule has 0 unspecified atom stereocenters. The van der Waals surface area contributed by atoms with Gasteiger partial charge in [-0.25, -0.2) is 4.39 Å². The molecule has 1 aromatic rings. The van der Waals surface area contributed by atoms with Gasteiger partial charge in [-0.2, -0.15) is 0 Å². The molecule has 0 radical (unpaired) electrons. The number of nitrogens with one attached hydrogen (secondary N) is 1. The van der Waals surface area contributed by atoms with E-state index in [-0.39, 0.29) is 18.5 Å². The molecule has 1 saturated carbocycles. The first kappa shape index (κ1) is 14.3. The Hall–Kier alpha value is -1.13. The number of aliphatic hydroxyl groups excluding tert-OH is 1. The van der Waals surface area contributed by atoms with Crippen molar-refractivity contribution in [2.45, 2.75) is 45.3 Å². The van der Waals surface area contributed by atoms with Crippen molar-refractivity contribution < 1.29 is 9.50 Å². The lowest BCUT2D eigenvalue weighted by atomic mass is 10.1. The van der Waals surface area contributed by atoms with E-state index in [0.717, 1.165) is 11.3 Å². The molecule has 4 heteroatoms. The number of aliphatic hydroxyl groups is 1. The third kappa shape index (κ3) is 3.91. The largest absolute Gasteiger partial charge is 0.395 e. The van der Waals surface area contributed by atoms with Gasteiger partial charge in [-0.3, -0.25) is 0 Å². The molecule has 106 valence electrons. The van der Waals surface area contributed by atoms with Crippen LogP contribution in [-0.4, -0.2) is 30.3 Å². The van der Waals surface area contributed by atoms with Crippen LogP contribution in [0.4, 0.5) is 10.1 Å². The minimum absolute atomic E-state index is 0.102. The molecule has 19 heavy (non-hydrogen) atoms. The van der Waals surface area contributed by atoms with Gasteiger partial charge in [0.1, 0.15) is 5.82 Å². The molecule has 2 rings (SSSR count). The Morgan fingerprint density at radius 1 is 1.42 bits per heavy atom. The van der Waals surface area contributed by atoms with Crippen molar-refractivity contribution in [3.05, 3.63) is 29.6 Å². The molecule has 0 amide bonds. The lowest BCUT2D eigenvalue weighted by Crippen LogP contribution is -2.34. The van der Waals surface area contributed by atoms with Crippen LogP contribution in [0.25, 0.3) is 0 Å². The van der Waals surface area contributed by atoms with Gasteiger partial charge in [-0.05, 0) is 50.5 Å². The first-order chi connectivity index (χ1) is 9.11. The summed E-state index contributed by atoms with van der Waals surface area (Å²) in [6.07, 6.45) is 2.43. The Morgan fingerprint density at radius 3 is 2.74 bits per heavy atom. The molecular weight excluding hydrogens is 243 g/mol. The monoisotopic (exact) mass is 266 g/mol. The standard InChI is InChI=1S/C15H23FN2O/c1-11(2)18(7-8-19)15-6-3-13(16)9-12(15)10-17-14-4-5-14/h3,6,9,11,14,17,19H,4-5,7-8,10H2,1-2H3. The first-order valence-corrected chi connectivity index (χ1v) is 7.01. The predicted octanol–water partition coefficient (Wildman–Crippen LogP) is 2.28. The number of benzene rings is 1. The maximum absolute atomic E-state index is 13.4. The molecule has 0 heterocycles.